The molecule has 0 aliphatic rings. The van der Waals surface area contributed by atoms with Crippen LogP contribution in [0.1, 0.15) is 17.3 Å². The first kappa shape index (κ1) is 12.9. The average molecular weight is 286 g/mol. The van der Waals surface area contributed by atoms with Crippen LogP contribution < -0.4 is 0 Å². The quantitative estimate of drug-likeness (QED) is 0.814. The number of carbonyl (C=O) groups excluding carboxylic acids is 1. The van der Waals surface area contributed by atoms with E-state index in [0.717, 1.165) is 0 Å². The predicted molar refractivity (Wildman–Crippen MR) is 67.3 cm³/mol. The first-order chi connectivity index (χ1) is 8.63. The molecule has 0 bridgehead atoms. The summed E-state index contributed by atoms with van der Waals surface area (Å²) >= 11 is 11.8. The summed E-state index contributed by atoms with van der Waals surface area (Å²) in [7, 11) is 0. The Balaban J connectivity index is 2.36. The summed E-state index contributed by atoms with van der Waals surface area (Å²) < 4.78 is 6.20. The average Bonchev–Trinajstić information content (AvgIpc) is 2.73. The zero-order valence-electron chi connectivity index (χ0n) is 9.43. The molecular formula is C11H9Cl2N3O2. The van der Waals surface area contributed by atoms with Gasteiger partial charge in [-0.1, -0.05) is 23.2 Å². The van der Waals surface area contributed by atoms with Crippen LogP contribution in [-0.4, -0.2) is 27.3 Å². The Morgan fingerprint density at radius 3 is 2.78 bits per heavy atom. The second-order valence-electron chi connectivity index (χ2n) is 3.32. The smallest absolute Gasteiger partial charge is 0.342 e. The van der Waals surface area contributed by atoms with Gasteiger partial charge in [0.15, 0.2) is 5.82 Å². The molecule has 0 aliphatic heterocycles. The molecule has 5 nitrogen and oxygen atoms in total. The standard InChI is InChI=1S/C11H9Cl2N3O2/c1-2-18-11(17)8-6-15-16(10(8)13)9-4-3-7(12)5-14-9/h3-6H,2H2,1H3. The minimum atomic E-state index is -0.511. The lowest BCUT2D eigenvalue weighted by molar-refractivity contribution is 0.0526. The molecule has 94 valence electrons. The van der Waals surface area contributed by atoms with E-state index in [4.69, 9.17) is 27.9 Å². The maximum absolute atomic E-state index is 11.6. The van der Waals surface area contributed by atoms with Crippen LogP contribution in [0.4, 0.5) is 0 Å². The fourth-order valence-electron chi connectivity index (χ4n) is 1.33. The van der Waals surface area contributed by atoms with Gasteiger partial charge in [-0.15, -0.1) is 0 Å². The molecule has 2 rings (SSSR count). The predicted octanol–water partition coefficient (Wildman–Crippen LogP) is 2.75. The Morgan fingerprint density at radius 1 is 1.39 bits per heavy atom. The third-order valence-electron chi connectivity index (χ3n) is 2.13. The number of halogens is 2. The number of nitrogens with zero attached hydrogens (tertiary/aromatic N) is 3. The van der Waals surface area contributed by atoms with Crippen LogP contribution in [0.15, 0.2) is 24.5 Å². The Bertz CT molecular complexity index is 566. The van der Waals surface area contributed by atoms with Gasteiger partial charge < -0.3 is 4.74 Å². The van der Waals surface area contributed by atoms with E-state index in [-0.39, 0.29) is 17.3 Å². The van der Waals surface area contributed by atoms with E-state index in [1.165, 1.54) is 17.1 Å². The second kappa shape index (κ2) is 5.37. The molecule has 0 unspecified atom stereocenters. The van der Waals surface area contributed by atoms with Gasteiger partial charge in [0.05, 0.1) is 17.8 Å². The molecule has 18 heavy (non-hydrogen) atoms. The summed E-state index contributed by atoms with van der Waals surface area (Å²) in [6, 6.07) is 3.31. The van der Waals surface area contributed by atoms with Crippen LogP contribution in [0.25, 0.3) is 5.82 Å². The molecule has 0 saturated carbocycles. The number of pyridine rings is 1. The van der Waals surface area contributed by atoms with Crippen molar-refractivity contribution in [2.75, 3.05) is 6.61 Å². The van der Waals surface area contributed by atoms with Crippen LogP contribution in [0, 0.1) is 0 Å². The van der Waals surface area contributed by atoms with Crippen LogP contribution in [-0.2, 0) is 4.74 Å². The van der Waals surface area contributed by atoms with E-state index < -0.39 is 5.97 Å². The van der Waals surface area contributed by atoms with Crippen molar-refractivity contribution in [3.63, 3.8) is 0 Å². The van der Waals surface area contributed by atoms with Crippen LogP contribution >= 0.6 is 23.2 Å². The number of carbonyl (C=O) groups is 1. The van der Waals surface area contributed by atoms with E-state index in [9.17, 15) is 4.79 Å². The SMILES string of the molecule is CCOC(=O)c1cnn(-c2ccc(Cl)cn2)c1Cl. The zero-order chi connectivity index (χ0) is 13.1. The zero-order valence-corrected chi connectivity index (χ0v) is 10.9. The molecule has 2 aromatic heterocycles. The molecule has 0 N–H and O–H groups in total. The van der Waals surface area contributed by atoms with Gasteiger partial charge in [0, 0.05) is 6.20 Å². The highest BCUT2D eigenvalue weighted by molar-refractivity contribution is 6.32. The van der Waals surface area contributed by atoms with Gasteiger partial charge in [-0.3, -0.25) is 0 Å². The first-order valence-electron chi connectivity index (χ1n) is 5.16. The minimum absolute atomic E-state index is 0.156. The highest BCUT2D eigenvalue weighted by Gasteiger charge is 2.18. The minimum Gasteiger partial charge on any atom is -0.462 e. The third-order valence-corrected chi connectivity index (χ3v) is 2.72. The topological polar surface area (TPSA) is 57.0 Å². The largest absolute Gasteiger partial charge is 0.462 e. The Hall–Kier alpha value is -1.59. The van der Waals surface area contributed by atoms with Gasteiger partial charge in [-0.05, 0) is 19.1 Å². The molecular weight excluding hydrogens is 277 g/mol. The van der Waals surface area contributed by atoms with Gasteiger partial charge in [-0.25, -0.2) is 14.5 Å². The Labute approximate surface area is 113 Å². The fraction of sp³-hybridized carbons (Fsp3) is 0.182. The van der Waals surface area contributed by atoms with Crippen LogP contribution in [0.2, 0.25) is 10.2 Å². The van der Waals surface area contributed by atoms with E-state index in [1.54, 1.807) is 19.1 Å². The molecule has 0 amide bonds. The first-order valence-corrected chi connectivity index (χ1v) is 5.91. The number of rotatable bonds is 3. The molecule has 7 heteroatoms. The Morgan fingerprint density at radius 2 is 2.17 bits per heavy atom. The highest BCUT2D eigenvalue weighted by atomic mass is 35.5. The van der Waals surface area contributed by atoms with E-state index in [0.29, 0.717) is 10.8 Å². The number of hydrogen-bond acceptors (Lipinski definition) is 4. The van der Waals surface area contributed by atoms with Crippen molar-refractivity contribution in [2.45, 2.75) is 6.92 Å². The molecule has 2 heterocycles. The van der Waals surface area contributed by atoms with Gasteiger partial charge in [-0.2, -0.15) is 5.10 Å². The number of hydrogen-bond donors (Lipinski definition) is 0. The lowest BCUT2D eigenvalue weighted by Gasteiger charge is -2.02. The number of ether oxygens (including phenoxy) is 1. The van der Waals surface area contributed by atoms with Crippen molar-refractivity contribution in [3.05, 3.63) is 40.3 Å². The lowest BCUT2D eigenvalue weighted by atomic mass is 10.4. The van der Waals surface area contributed by atoms with E-state index in [1.807, 2.05) is 0 Å². The maximum Gasteiger partial charge on any atom is 0.342 e. The van der Waals surface area contributed by atoms with Gasteiger partial charge in [0.25, 0.3) is 0 Å². The van der Waals surface area contributed by atoms with Gasteiger partial charge >= 0.3 is 5.97 Å². The monoisotopic (exact) mass is 285 g/mol. The Kier molecular flexibility index (Phi) is 3.84. The lowest BCUT2D eigenvalue weighted by Crippen LogP contribution is -2.05. The van der Waals surface area contributed by atoms with Crippen LogP contribution in [0.5, 0.6) is 0 Å². The highest BCUT2D eigenvalue weighted by Crippen LogP contribution is 2.20. The normalized spacial score (nSPS) is 10.4. The molecule has 0 atom stereocenters. The molecule has 2 aromatic rings. The molecule has 0 spiro atoms. The summed E-state index contributed by atoms with van der Waals surface area (Å²) in [4.78, 5) is 15.6. The van der Waals surface area contributed by atoms with Crippen molar-refractivity contribution in [3.8, 4) is 5.82 Å². The fourth-order valence-corrected chi connectivity index (χ4v) is 1.70. The molecule has 0 radical (unpaired) electrons. The van der Waals surface area contributed by atoms with Crippen molar-refractivity contribution < 1.29 is 9.53 Å². The summed E-state index contributed by atoms with van der Waals surface area (Å²) in [6.45, 7) is 2.00. The van der Waals surface area contributed by atoms with Crippen molar-refractivity contribution in [2.24, 2.45) is 0 Å². The van der Waals surface area contributed by atoms with Gasteiger partial charge in [0.1, 0.15) is 10.7 Å². The van der Waals surface area contributed by atoms with E-state index in [2.05, 4.69) is 10.1 Å². The second-order valence-corrected chi connectivity index (χ2v) is 4.11. The summed E-state index contributed by atoms with van der Waals surface area (Å²) in [5.41, 5.74) is 0.204. The van der Waals surface area contributed by atoms with Crippen LogP contribution in [0.3, 0.4) is 0 Å². The third kappa shape index (κ3) is 2.47. The van der Waals surface area contributed by atoms with Crippen molar-refractivity contribution >= 4 is 29.2 Å². The summed E-state index contributed by atoms with van der Waals surface area (Å²) in [6.07, 6.45) is 2.82. The molecule has 0 fully saturated rings. The summed E-state index contributed by atoms with van der Waals surface area (Å²) in [5.74, 6) is -0.0392. The van der Waals surface area contributed by atoms with Crippen molar-refractivity contribution in [1.29, 1.82) is 0 Å². The molecule has 0 aliphatic carbocycles. The molecule has 0 saturated heterocycles. The molecule has 0 aromatic carbocycles. The summed E-state index contributed by atoms with van der Waals surface area (Å²) in [5, 5.41) is 4.66. The number of esters is 1. The van der Waals surface area contributed by atoms with E-state index >= 15 is 0 Å². The van der Waals surface area contributed by atoms with Crippen molar-refractivity contribution in [1.82, 2.24) is 14.8 Å². The maximum atomic E-state index is 11.6. The van der Waals surface area contributed by atoms with Gasteiger partial charge in [0.2, 0.25) is 0 Å². The number of aromatic nitrogens is 3.